The molecule has 1 nitrogen and oxygen atoms in total. The molecular weight excluding hydrogens is 96.9 g/mol. The molecule has 0 spiro atoms. The van der Waals surface area contributed by atoms with E-state index in [0.29, 0.717) is 0 Å². The Bertz CT molecular complexity index is 48.5. The fourth-order valence-electron chi connectivity index (χ4n) is 0.623. The first-order valence-electron chi connectivity index (χ1n) is 3.42. The Morgan fingerprint density at radius 3 is 2.25 bits per heavy atom. The summed E-state index contributed by atoms with van der Waals surface area (Å²) in [6.45, 7) is 5.60. The molecule has 1 atom stereocenters. The Balaban J connectivity index is 3.29. The molecule has 0 aliphatic rings. The van der Waals surface area contributed by atoms with Gasteiger partial charge in [-0.25, -0.2) is 0 Å². The molecule has 0 radical (unpaired) electrons. The molecule has 0 aromatic rings. The van der Waals surface area contributed by atoms with Gasteiger partial charge in [0, 0.05) is 0 Å². The van der Waals surface area contributed by atoms with Crippen molar-refractivity contribution in [2.24, 2.45) is 0 Å². The zero-order valence-electron chi connectivity index (χ0n) is 6.44. The average Bonchev–Trinajstić information content (AvgIpc) is 1.84. The van der Waals surface area contributed by atoms with Crippen molar-refractivity contribution in [2.45, 2.75) is 26.2 Å². The third kappa shape index (κ3) is 2.36. The Hall–Kier alpha value is 0.0249. The Morgan fingerprint density at radius 2 is 2.12 bits per heavy atom. The summed E-state index contributed by atoms with van der Waals surface area (Å²) >= 11 is 0. The van der Waals surface area contributed by atoms with E-state index in [1.54, 1.807) is 0 Å². The second-order valence-corrected chi connectivity index (χ2v) is 2.33. The van der Waals surface area contributed by atoms with Crippen molar-refractivity contribution in [1.29, 1.82) is 0 Å². The van der Waals surface area contributed by atoms with Crippen LogP contribution in [0.4, 0.5) is 0 Å². The molecule has 2 heteroatoms. The van der Waals surface area contributed by atoms with E-state index in [2.05, 4.69) is 33.6 Å². The molecule has 48 valence electrons. The van der Waals surface area contributed by atoms with Crippen LogP contribution in [-0.4, -0.2) is 32.4 Å². The quantitative estimate of drug-likeness (QED) is 0.478. The Morgan fingerprint density at radius 1 is 1.62 bits per heavy atom. The van der Waals surface area contributed by atoms with Gasteiger partial charge in [-0.15, -0.1) is 0 Å². The van der Waals surface area contributed by atoms with Gasteiger partial charge in [0.05, 0.1) is 0 Å². The summed E-state index contributed by atoms with van der Waals surface area (Å²) in [5.41, 5.74) is 0. The molecule has 0 N–H and O–H groups in total. The highest BCUT2D eigenvalue weighted by atomic mass is 15.1. The maximum Gasteiger partial charge on any atom is 0.103 e. The largest absolute Gasteiger partial charge is 0.305 e. The van der Waals surface area contributed by atoms with Gasteiger partial charge < -0.3 is 4.90 Å². The summed E-state index contributed by atoms with van der Waals surface area (Å²) in [6, 6.07) is 0.750. The predicted molar refractivity (Wildman–Crippen MR) is 41.1 cm³/mol. The van der Waals surface area contributed by atoms with Crippen molar-refractivity contribution in [2.75, 3.05) is 13.6 Å². The van der Waals surface area contributed by atoms with Crippen LogP contribution in [0.2, 0.25) is 6.32 Å². The fraction of sp³-hybridized carbons (Fsp3) is 1.00. The molecule has 0 bridgehead atoms. The number of hydrogen-bond donors (Lipinski definition) is 0. The van der Waals surface area contributed by atoms with E-state index in [-0.39, 0.29) is 0 Å². The van der Waals surface area contributed by atoms with E-state index >= 15 is 0 Å². The molecule has 0 aromatic carbocycles. The first kappa shape index (κ1) is 8.02. The molecular formula is C6H16BN. The summed E-state index contributed by atoms with van der Waals surface area (Å²) in [5.74, 6) is 0. The highest BCUT2D eigenvalue weighted by Gasteiger charge is 2.01. The standard InChI is InChI=1S/C6H16BN/c1-4-8(3)6(2)5-7/h6H,4-5,7H2,1-3H3. The van der Waals surface area contributed by atoms with E-state index in [1.165, 1.54) is 6.32 Å². The Labute approximate surface area is 53.5 Å². The van der Waals surface area contributed by atoms with Gasteiger partial charge in [-0.1, -0.05) is 20.2 Å². The van der Waals surface area contributed by atoms with Crippen LogP contribution in [0.15, 0.2) is 0 Å². The van der Waals surface area contributed by atoms with Gasteiger partial charge in [0.1, 0.15) is 7.85 Å². The average molecular weight is 113 g/mol. The van der Waals surface area contributed by atoms with Gasteiger partial charge in [0.15, 0.2) is 0 Å². The van der Waals surface area contributed by atoms with E-state index in [1.807, 2.05) is 0 Å². The topological polar surface area (TPSA) is 3.24 Å². The first-order valence-corrected chi connectivity index (χ1v) is 3.42. The summed E-state index contributed by atoms with van der Waals surface area (Å²) in [7, 11) is 4.38. The lowest BCUT2D eigenvalue weighted by Crippen LogP contribution is -2.27. The Kier molecular flexibility index (Phi) is 3.97. The van der Waals surface area contributed by atoms with Gasteiger partial charge in [0.25, 0.3) is 0 Å². The third-order valence-corrected chi connectivity index (χ3v) is 1.84. The smallest absolute Gasteiger partial charge is 0.103 e. The molecule has 0 saturated heterocycles. The molecule has 1 unspecified atom stereocenters. The number of nitrogens with zero attached hydrogens (tertiary/aromatic N) is 1. The summed E-state index contributed by atoms with van der Waals surface area (Å²) in [5, 5.41) is 0. The van der Waals surface area contributed by atoms with Gasteiger partial charge in [-0.05, 0) is 19.6 Å². The normalized spacial score (nSPS) is 14.5. The van der Waals surface area contributed by atoms with Crippen molar-refractivity contribution in [3.63, 3.8) is 0 Å². The SMILES string of the molecule is BCC(C)N(C)CC. The van der Waals surface area contributed by atoms with Crippen LogP contribution in [0.1, 0.15) is 13.8 Å². The van der Waals surface area contributed by atoms with Crippen LogP contribution < -0.4 is 0 Å². The second kappa shape index (κ2) is 3.96. The second-order valence-electron chi connectivity index (χ2n) is 2.33. The van der Waals surface area contributed by atoms with Crippen LogP contribution in [0.5, 0.6) is 0 Å². The lowest BCUT2D eigenvalue weighted by molar-refractivity contribution is 0.289. The van der Waals surface area contributed by atoms with E-state index in [4.69, 9.17) is 0 Å². The minimum atomic E-state index is 0.750. The minimum Gasteiger partial charge on any atom is -0.305 e. The fourth-order valence-corrected chi connectivity index (χ4v) is 0.623. The van der Waals surface area contributed by atoms with Crippen molar-refractivity contribution in [3.8, 4) is 0 Å². The van der Waals surface area contributed by atoms with Gasteiger partial charge >= 0.3 is 0 Å². The monoisotopic (exact) mass is 113 g/mol. The van der Waals surface area contributed by atoms with Gasteiger partial charge in [0.2, 0.25) is 0 Å². The van der Waals surface area contributed by atoms with E-state index in [9.17, 15) is 0 Å². The third-order valence-electron chi connectivity index (χ3n) is 1.84. The first-order chi connectivity index (χ1) is 3.72. The maximum absolute atomic E-state index is 2.35. The van der Waals surface area contributed by atoms with Crippen molar-refractivity contribution >= 4 is 7.85 Å². The molecule has 0 aromatic heterocycles. The van der Waals surface area contributed by atoms with Crippen molar-refractivity contribution < 1.29 is 0 Å². The lowest BCUT2D eigenvalue weighted by Gasteiger charge is -2.20. The van der Waals surface area contributed by atoms with E-state index < -0.39 is 0 Å². The maximum atomic E-state index is 2.35. The zero-order chi connectivity index (χ0) is 6.57. The molecule has 0 saturated carbocycles. The van der Waals surface area contributed by atoms with Crippen LogP contribution in [0, 0.1) is 0 Å². The molecule has 0 aliphatic carbocycles. The number of rotatable bonds is 3. The summed E-state index contributed by atoms with van der Waals surface area (Å²) in [4.78, 5) is 2.35. The van der Waals surface area contributed by atoms with Crippen LogP contribution >= 0.6 is 0 Å². The van der Waals surface area contributed by atoms with E-state index in [0.717, 1.165) is 12.6 Å². The van der Waals surface area contributed by atoms with Crippen molar-refractivity contribution in [3.05, 3.63) is 0 Å². The molecule has 0 fully saturated rings. The molecule has 0 heterocycles. The van der Waals surface area contributed by atoms with Crippen LogP contribution in [0.3, 0.4) is 0 Å². The van der Waals surface area contributed by atoms with Gasteiger partial charge in [-0.2, -0.15) is 0 Å². The zero-order valence-corrected chi connectivity index (χ0v) is 6.44. The summed E-state index contributed by atoms with van der Waals surface area (Å²) in [6.07, 6.45) is 1.25. The molecule has 0 aliphatic heterocycles. The van der Waals surface area contributed by atoms with Crippen LogP contribution in [-0.2, 0) is 0 Å². The summed E-state index contributed by atoms with van der Waals surface area (Å²) < 4.78 is 0. The molecule has 8 heavy (non-hydrogen) atoms. The van der Waals surface area contributed by atoms with Gasteiger partial charge in [-0.3, -0.25) is 0 Å². The highest BCUT2D eigenvalue weighted by Crippen LogP contribution is 1.96. The molecule has 0 rings (SSSR count). The molecule has 0 amide bonds. The highest BCUT2D eigenvalue weighted by molar-refractivity contribution is 6.08. The van der Waals surface area contributed by atoms with Crippen LogP contribution in [0.25, 0.3) is 0 Å². The minimum absolute atomic E-state index is 0.750. The lowest BCUT2D eigenvalue weighted by atomic mass is 9.98. The predicted octanol–water partition coefficient (Wildman–Crippen LogP) is 0.378. The van der Waals surface area contributed by atoms with Crippen molar-refractivity contribution in [1.82, 2.24) is 4.90 Å². The number of hydrogen-bond acceptors (Lipinski definition) is 1.